The van der Waals surface area contributed by atoms with Gasteiger partial charge in [0.2, 0.25) is 5.56 Å². The second kappa shape index (κ2) is 7.21. The molecule has 0 aliphatic carbocycles. The molecule has 0 radical (unpaired) electrons. The molecule has 3 heterocycles. The van der Waals surface area contributed by atoms with Crippen molar-refractivity contribution < 1.29 is 9.53 Å². The first kappa shape index (κ1) is 17.2. The molecule has 2 aliphatic rings. The maximum atomic E-state index is 13.4. The van der Waals surface area contributed by atoms with Gasteiger partial charge in [-0.2, -0.15) is 0 Å². The third kappa shape index (κ3) is 3.27. The Bertz CT molecular complexity index is 857. The predicted octanol–water partition coefficient (Wildman–Crippen LogP) is 1.85. The average molecular weight is 355 g/mol. The third-order valence-corrected chi connectivity index (χ3v) is 5.62. The van der Waals surface area contributed by atoms with Crippen LogP contribution in [-0.2, 0) is 4.74 Å². The molecule has 1 aromatic carbocycles. The smallest absolute Gasteiger partial charge is 0.255 e. The fourth-order valence-corrected chi connectivity index (χ4v) is 4.27. The van der Waals surface area contributed by atoms with Crippen molar-refractivity contribution in [1.82, 2.24) is 14.8 Å². The summed E-state index contributed by atoms with van der Waals surface area (Å²) in [6, 6.07) is 9.02. The molecule has 2 aromatic rings. The van der Waals surface area contributed by atoms with Crippen LogP contribution in [0.5, 0.6) is 0 Å². The number of benzene rings is 1. The average Bonchev–Trinajstić information content (AvgIpc) is 3.30. The Kier molecular flexibility index (Phi) is 4.78. The Morgan fingerprint density at radius 3 is 2.81 bits per heavy atom. The summed E-state index contributed by atoms with van der Waals surface area (Å²) in [5.41, 5.74) is 0.931. The van der Waals surface area contributed by atoms with E-state index >= 15 is 0 Å². The van der Waals surface area contributed by atoms with Gasteiger partial charge in [-0.25, -0.2) is 0 Å². The molecule has 26 heavy (non-hydrogen) atoms. The number of carbonyl (C=O) groups excluding carboxylic acids is 1. The first-order valence-electron chi connectivity index (χ1n) is 9.34. The van der Waals surface area contributed by atoms with E-state index in [-0.39, 0.29) is 23.6 Å². The second-order valence-corrected chi connectivity index (χ2v) is 7.31. The summed E-state index contributed by atoms with van der Waals surface area (Å²) in [5, 5.41) is 0.790. The van der Waals surface area contributed by atoms with Crippen LogP contribution >= 0.6 is 0 Å². The summed E-state index contributed by atoms with van der Waals surface area (Å²) in [7, 11) is 1.70. The molecule has 1 amide bonds. The van der Waals surface area contributed by atoms with E-state index in [2.05, 4.69) is 9.88 Å². The number of hydrogen-bond acceptors (Lipinski definition) is 4. The van der Waals surface area contributed by atoms with Gasteiger partial charge in [-0.1, -0.05) is 18.2 Å². The summed E-state index contributed by atoms with van der Waals surface area (Å²) in [6.07, 6.45) is 3.36. The highest BCUT2D eigenvalue weighted by atomic mass is 16.5. The Morgan fingerprint density at radius 2 is 2.04 bits per heavy atom. The quantitative estimate of drug-likeness (QED) is 0.909. The van der Waals surface area contributed by atoms with E-state index in [1.807, 2.05) is 29.2 Å². The van der Waals surface area contributed by atoms with Gasteiger partial charge in [0, 0.05) is 43.2 Å². The van der Waals surface area contributed by atoms with E-state index in [0.29, 0.717) is 17.6 Å². The number of H-pyrrole nitrogens is 1. The summed E-state index contributed by atoms with van der Waals surface area (Å²) in [6.45, 7) is 3.66. The summed E-state index contributed by atoms with van der Waals surface area (Å²) < 4.78 is 5.55. The maximum Gasteiger partial charge on any atom is 0.255 e. The fourth-order valence-electron chi connectivity index (χ4n) is 4.27. The van der Waals surface area contributed by atoms with Gasteiger partial charge in [0.05, 0.1) is 11.7 Å². The number of aromatic nitrogens is 1. The number of ether oxygens (including phenoxy) is 1. The Balaban J connectivity index is 1.66. The van der Waals surface area contributed by atoms with Crippen molar-refractivity contribution >= 4 is 16.8 Å². The van der Waals surface area contributed by atoms with E-state index in [1.54, 1.807) is 7.11 Å². The third-order valence-electron chi connectivity index (χ3n) is 5.62. The number of pyridine rings is 1. The van der Waals surface area contributed by atoms with Crippen molar-refractivity contribution in [3.05, 3.63) is 46.2 Å². The van der Waals surface area contributed by atoms with Crippen molar-refractivity contribution in [2.45, 2.75) is 31.4 Å². The predicted molar refractivity (Wildman–Crippen MR) is 100 cm³/mol. The van der Waals surface area contributed by atoms with Gasteiger partial charge in [-0.05, 0) is 38.4 Å². The Hall–Kier alpha value is -2.18. The van der Waals surface area contributed by atoms with Crippen LogP contribution in [0.3, 0.4) is 0 Å². The number of carbonyl (C=O) groups is 1. The van der Waals surface area contributed by atoms with Gasteiger partial charge in [-0.3, -0.25) is 9.59 Å². The van der Waals surface area contributed by atoms with E-state index < -0.39 is 0 Å². The molecule has 2 fully saturated rings. The highest BCUT2D eigenvalue weighted by molar-refractivity contribution is 6.06. The molecule has 6 nitrogen and oxygen atoms in total. The molecule has 0 unspecified atom stereocenters. The monoisotopic (exact) mass is 355 g/mol. The second-order valence-electron chi connectivity index (χ2n) is 7.31. The Labute approximate surface area is 152 Å². The van der Waals surface area contributed by atoms with E-state index in [1.165, 1.54) is 18.9 Å². The van der Waals surface area contributed by atoms with Crippen LogP contribution in [-0.4, -0.2) is 66.1 Å². The minimum atomic E-state index is -0.245. The number of methoxy groups -OCH3 is 1. The molecule has 0 bridgehead atoms. The van der Waals surface area contributed by atoms with Gasteiger partial charge in [0.15, 0.2) is 0 Å². The molecule has 138 valence electrons. The lowest BCUT2D eigenvalue weighted by Gasteiger charge is -2.28. The first-order chi connectivity index (χ1) is 12.7. The van der Waals surface area contributed by atoms with E-state index in [9.17, 15) is 9.59 Å². The molecular formula is C20H25N3O3. The number of amides is 1. The molecule has 1 aromatic heterocycles. The number of nitrogens with one attached hydrogen (secondary N) is 1. The molecular weight excluding hydrogens is 330 g/mol. The first-order valence-corrected chi connectivity index (χ1v) is 9.34. The molecule has 6 heteroatoms. The topological polar surface area (TPSA) is 65.6 Å². The lowest BCUT2D eigenvalue weighted by atomic mass is 10.1. The van der Waals surface area contributed by atoms with E-state index in [0.717, 1.165) is 31.4 Å². The van der Waals surface area contributed by atoms with Crippen molar-refractivity contribution in [2.75, 3.05) is 33.3 Å². The lowest BCUT2D eigenvalue weighted by molar-refractivity contribution is 0.0672. The summed E-state index contributed by atoms with van der Waals surface area (Å²) >= 11 is 0. The summed E-state index contributed by atoms with van der Waals surface area (Å²) in [5.74, 6) is -0.0731. The lowest BCUT2D eigenvalue weighted by Crippen LogP contribution is -2.43. The van der Waals surface area contributed by atoms with Crippen LogP contribution in [0.1, 0.15) is 29.6 Å². The van der Waals surface area contributed by atoms with Crippen molar-refractivity contribution in [1.29, 1.82) is 0 Å². The largest absolute Gasteiger partial charge is 0.380 e. The highest BCUT2D eigenvalue weighted by Gasteiger charge is 2.37. The zero-order valence-corrected chi connectivity index (χ0v) is 15.1. The fraction of sp³-hybridized carbons (Fsp3) is 0.500. The zero-order chi connectivity index (χ0) is 18.1. The van der Waals surface area contributed by atoms with Gasteiger partial charge in [0.1, 0.15) is 0 Å². The molecule has 0 spiro atoms. The van der Waals surface area contributed by atoms with Crippen LogP contribution in [0.25, 0.3) is 10.9 Å². The highest BCUT2D eigenvalue weighted by Crippen LogP contribution is 2.26. The van der Waals surface area contributed by atoms with Gasteiger partial charge in [-0.15, -0.1) is 0 Å². The minimum absolute atomic E-state index is 0.0554. The van der Waals surface area contributed by atoms with Crippen molar-refractivity contribution in [3.8, 4) is 0 Å². The van der Waals surface area contributed by atoms with Gasteiger partial charge >= 0.3 is 0 Å². The minimum Gasteiger partial charge on any atom is -0.380 e. The van der Waals surface area contributed by atoms with Crippen molar-refractivity contribution in [3.63, 3.8) is 0 Å². The molecule has 0 saturated carbocycles. The number of nitrogens with zero attached hydrogens (tertiary/aromatic N) is 2. The maximum absolute atomic E-state index is 13.4. The zero-order valence-electron chi connectivity index (χ0n) is 15.1. The number of aromatic amines is 1. The number of hydrogen-bond donors (Lipinski definition) is 1. The molecule has 2 aliphatic heterocycles. The van der Waals surface area contributed by atoms with Crippen LogP contribution in [0.2, 0.25) is 0 Å². The molecule has 1 N–H and O–H groups in total. The molecule has 2 atom stereocenters. The number of rotatable bonds is 4. The normalized spacial score (nSPS) is 23.8. The standard InChI is InChI=1S/C20H25N3O3/c1-26-15-10-14(12-22-8-4-5-9-22)23(13-15)20(25)17-11-19(24)21-18-7-3-2-6-16(17)18/h2-3,6-7,11,14-15H,4-5,8-10,12-13H2,1H3,(H,21,24)/t14-,15-/m0/s1. The van der Waals surface area contributed by atoms with E-state index in [4.69, 9.17) is 4.74 Å². The number of likely N-dealkylation sites (tertiary alicyclic amines) is 2. The van der Waals surface area contributed by atoms with Crippen molar-refractivity contribution in [2.24, 2.45) is 0 Å². The molecule has 2 saturated heterocycles. The van der Waals surface area contributed by atoms with Crippen LogP contribution in [0.15, 0.2) is 35.1 Å². The SMILES string of the molecule is CO[C@H]1C[C@@H](CN2CCCC2)N(C(=O)c2cc(=O)[nH]c3ccccc23)C1. The van der Waals surface area contributed by atoms with Crippen LogP contribution in [0, 0.1) is 0 Å². The summed E-state index contributed by atoms with van der Waals surface area (Å²) in [4.78, 5) is 32.5. The Morgan fingerprint density at radius 1 is 1.27 bits per heavy atom. The van der Waals surface area contributed by atoms with Gasteiger partial charge in [0.25, 0.3) is 5.91 Å². The van der Waals surface area contributed by atoms with Crippen LogP contribution in [0.4, 0.5) is 0 Å². The molecule has 4 rings (SSSR count). The number of fused-ring (bicyclic) bond motifs is 1. The van der Waals surface area contributed by atoms with Gasteiger partial charge < -0.3 is 19.5 Å². The van der Waals surface area contributed by atoms with Crippen LogP contribution < -0.4 is 5.56 Å². The number of para-hydroxylation sites is 1.